The Morgan fingerprint density at radius 3 is 1.11 bits per heavy atom. The molecule has 4 rings (SSSR count). The zero-order valence-corrected chi connectivity index (χ0v) is 24.3. The molecule has 3 aromatic carbocycles. The van der Waals surface area contributed by atoms with E-state index in [4.69, 9.17) is 4.74 Å². The molecule has 37 heavy (non-hydrogen) atoms. The minimum atomic E-state index is 0. The maximum absolute atomic E-state index is 12.8. The van der Waals surface area contributed by atoms with Crippen LogP contribution in [0.15, 0.2) is 36.4 Å². The van der Waals surface area contributed by atoms with Crippen LogP contribution in [0.3, 0.4) is 0 Å². The summed E-state index contributed by atoms with van der Waals surface area (Å²) in [5.41, 5.74) is 7.27. The molecule has 0 bridgehead atoms. The molecule has 1 saturated heterocycles. The maximum Gasteiger partial charge on any atom is 4.00 e. The molecule has 0 aliphatic carbocycles. The average Bonchev–Trinajstić information content (AvgIpc) is 3.38. The second kappa shape index (κ2) is 13.9. The fraction of sp³-hybridized carbons (Fsp3) is 0.419. The van der Waals surface area contributed by atoms with Gasteiger partial charge in [0.2, 0.25) is 0 Å². The van der Waals surface area contributed by atoms with Crippen molar-refractivity contribution in [3.8, 4) is 17.2 Å². The predicted molar refractivity (Wildman–Crippen MR) is 139 cm³/mol. The number of benzene rings is 3. The summed E-state index contributed by atoms with van der Waals surface area (Å²) in [4.78, 5) is 2.03. The van der Waals surface area contributed by atoms with Crippen molar-refractivity contribution in [2.24, 2.45) is 0 Å². The van der Waals surface area contributed by atoms with Crippen LogP contribution in [-0.4, -0.2) is 18.1 Å². The van der Waals surface area contributed by atoms with Crippen LogP contribution in [-0.2, 0) is 42.9 Å². The van der Waals surface area contributed by atoms with E-state index < -0.39 is 0 Å². The topological polar surface area (TPSA) is 81.7 Å². The molecule has 5 nitrogen and oxygen atoms in total. The van der Waals surface area contributed by atoms with Crippen LogP contribution in [0.5, 0.6) is 17.2 Å². The molecular formula is C31H38NO4V+. The molecule has 0 aromatic heterocycles. The van der Waals surface area contributed by atoms with Gasteiger partial charge >= 0.3 is 18.6 Å². The van der Waals surface area contributed by atoms with Crippen LogP contribution in [0.1, 0.15) is 62.9 Å². The van der Waals surface area contributed by atoms with Crippen molar-refractivity contribution in [2.45, 2.75) is 74.0 Å². The zero-order valence-electron chi connectivity index (χ0n) is 22.9. The Labute approximate surface area is 234 Å². The standard InChI is InChI=1S/C27H33NO3.C4H8O.V/c1-16-7-19(4)25(29)22(10-16)13-28(14-23-11-17(2)8-20(5)26(23)30)15-24-12-18(3)9-21(6)27(24)31;1-2-4-5-3-1;/h7-12,29-31H,13-15H2,1-6H3;1-4H2;/q;;+4/p-3. The van der Waals surface area contributed by atoms with Gasteiger partial charge in [-0.15, -0.1) is 17.2 Å². The Bertz CT molecular complexity index is 1060. The number of ether oxygens (including phenoxy) is 1. The fourth-order valence-electron chi connectivity index (χ4n) is 4.88. The van der Waals surface area contributed by atoms with Gasteiger partial charge in [-0.25, -0.2) is 0 Å². The van der Waals surface area contributed by atoms with Crippen molar-refractivity contribution in [2.75, 3.05) is 13.2 Å². The molecule has 6 heteroatoms. The van der Waals surface area contributed by atoms with Gasteiger partial charge < -0.3 is 20.1 Å². The summed E-state index contributed by atoms with van der Waals surface area (Å²) in [6.07, 6.45) is 2.56. The summed E-state index contributed by atoms with van der Waals surface area (Å²) in [6, 6.07) is 11.4. The van der Waals surface area contributed by atoms with Crippen molar-refractivity contribution in [3.63, 3.8) is 0 Å². The number of aryl methyl sites for hydroxylation is 6. The Hall–Kier alpha value is -2.44. The van der Waals surface area contributed by atoms with Crippen molar-refractivity contribution in [1.29, 1.82) is 0 Å². The largest absolute Gasteiger partial charge is 4.00 e. The fourth-order valence-corrected chi connectivity index (χ4v) is 4.88. The normalized spacial score (nSPS) is 12.7. The van der Waals surface area contributed by atoms with Crippen molar-refractivity contribution < 1.29 is 38.6 Å². The van der Waals surface area contributed by atoms with Gasteiger partial charge in [0.05, 0.1) is 0 Å². The van der Waals surface area contributed by atoms with E-state index in [1.54, 1.807) is 0 Å². The monoisotopic (exact) mass is 539 g/mol. The van der Waals surface area contributed by atoms with Gasteiger partial charge in [0.15, 0.2) is 0 Å². The van der Waals surface area contributed by atoms with Gasteiger partial charge in [-0.1, -0.05) is 69.8 Å². The number of hydrogen-bond donors (Lipinski definition) is 0. The van der Waals surface area contributed by atoms with Gasteiger partial charge in [-0.2, -0.15) is 0 Å². The molecule has 195 valence electrons. The molecule has 0 N–H and O–H groups in total. The molecule has 0 unspecified atom stereocenters. The molecule has 0 spiro atoms. The SMILES string of the molecule is C1CCOC1.Cc1cc(C)c([O-])c(CN(Cc2cc(C)cc(C)c2[O-])Cc2cc(C)cc(C)c2[O-])c1.[V+4]. The minimum Gasteiger partial charge on any atom is -0.872 e. The first-order chi connectivity index (χ1) is 17.0. The second-order valence-electron chi connectivity index (χ2n) is 10.2. The molecule has 3 aromatic rings. The van der Waals surface area contributed by atoms with Crippen molar-refractivity contribution >= 4 is 0 Å². The van der Waals surface area contributed by atoms with E-state index in [0.29, 0.717) is 53.0 Å². The zero-order chi connectivity index (χ0) is 26.4. The molecular weight excluding hydrogens is 501 g/mol. The van der Waals surface area contributed by atoms with E-state index >= 15 is 0 Å². The molecule has 0 atom stereocenters. The van der Waals surface area contributed by atoms with Gasteiger partial charge in [-0.05, 0) is 71.1 Å². The van der Waals surface area contributed by atoms with E-state index in [2.05, 4.69) is 0 Å². The van der Waals surface area contributed by atoms with E-state index in [1.165, 1.54) is 12.8 Å². The number of nitrogens with zero attached hydrogens (tertiary/aromatic N) is 1. The van der Waals surface area contributed by atoms with Crippen LogP contribution in [0.4, 0.5) is 0 Å². The molecule has 0 saturated carbocycles. The van der Waals surface area contributed by atoms with Crippen LogP contribution in [0.25, 0.3) is 0 Å². The Morgan fingerprint density at radius 1 is 0.568 bits per heavy atom. The molecule has 0 amide bonds. The smallest absolute Gasteiger partial charge is 0.872 e. The predicted octanol–water partition coefficient (Wildman–Crippen LogP) is 4.75. The Morgan fingerprint density at radius 2 is 0.865 bits per heavy atom. The quantitative estimate of drug-likeness (QED) is 0.452. The Balaban J connectivity index is 0.000000716. The summed E-state index contributed by atoms with van der Waals surface area (Å²) in [7, 11) is 0. The van der Waals surface area contributed by atoms with Crippen LogP contribution >= 0.6 is 0 Å². The van der Waals surface area contributed by atoms with E-state index in [1.807, 2.05) is 82.8 Å². The summed E-state index contributed by atoms with van der Waals surface area (Å²) in [6.45, 7) is 14.5. The molecule has 1 radical (unpaired) electrons. The first-order valence-corrected chi connectivity index (χ1v) is 12.7. The van der Waals surface area contributed by atoms with Gasteiger partial charge in [0.25, 0.3) is 0 Å². The second-order valence-corrected chi connectivity index (χ2v) is 10.2. The number of hydrogen-bond acceptors (Lipinski definition) is 5. The first kappa shape index (κ1) is 30.8. The van der Waals surface area contributed by atoms with Crippen LogP contribution in [0, 0.1) is 41.5 Å². The van der Waals surface area contributed by atoms with E-state index in [9.17, 15) is 15.3 Å². The van der Waals surface area contributed by atoms with Gasteiger partial charge in [0.1, 0.15) is 0 Å². The van der Waals surface area contributed by atoms with Gasteiger partial charge in [-0.3, -0.25) is 4.90 Å². The summed E-state index contributed by atoms with van der Waals surface area (Å²) < 4.78 is 4.94. The summed E-state index contributed by atoms with van der Waals surface area (Å²) in [5.74, 6) is 0.0448. The molecule has 1 fully saturated rings. The minimum absolute atomic E-state index is 0. The average molecular weight is 540 g/mol. The molecule has 1 aliphatic rings. The summed E-state index contributed by atoms with van der Waals surface area (Å²) >= 11 is 0. The third-order valence-electron chi connectivity index (χ3n) is 6.50. The van der Waals surface area contributed by atoms with Crippen molar-refractivity contribution in [1.82, 2.24) is 4.90 Å². The van der Waals surface area contributed by atoms with E-state index in [-0.39, 0.29) is 35.8 Å². The first-order valence-electron chi connectivity index (χ1n) is 12.7. The van der Waals surface area contributed by atoms with Crippen LogP contribution in [0.2, 0.25) is 0 Å². The van der Waals surface area contributed by atoms with Crippen molar-refractivity contribution in [3.05, 3.63) is 86.5 Å². The number of rotatable bonds is 6. The van der Waals surface area contributed by atoms with Crippen LogP contribution < -0.4 is 15.3 Å². The summed E-state index contributed by atoms with van der Waals surface area (Å²) in [5, 5.41) is 38.3. The molecule has 1 heterocycles. The third kappa shape index (κ3) is 8.54. The third-order valence-corrected chi connectivity index (χ3v) is 6.50. The molecule has 1 aliphatic heterocycles. The maximum atomic E-state index is 12.8. The van der Waals surface area contributed by atoms with E-state index in [0.717, 1.165) is 29.9 Å². The Kier molecular flexibility index (Phi) is 11.6. The van der Waals surface area contributed by atoms with Gasteiger partial charge in [0, 0.05) is 32.8 Å².